The number of aromatic nitrogens is 1. The summed E-state index contributed by atoms with van der Waals surface area (Å²) in [6.45, 7) is 3.74. The average molecular weight is 323 g/mol. The highest BCUT2D eigenvalue weighted by molar-refractivity contribution is 5.99. The first-order valence-corrected chi connectivity index (χ1v) is 8.86. The monoisotopic (exact) mass is 323 g/mol. The molecule has 0 unspecified atom stereocenters. The van der Waals surface area contributed by atoms with Crippen molar-refractivity contribution in [2.45, 2.75) is 25.8 Å². The first-order valence-electron chi connectivity index (χ1n) is 8.86. The van der Waals surface area contributed by atoms with E-state index >= 15 is 0 Å². The lowest BCUT2D eigenvalue weighted by Gasteiger charge is -2.40. The van der Waals surface area contributed by atoms with Crippen LogP contribution in [-0.2, 0) is 11.2 Å². The average Bonchev–Trinajstić information content (AvgIpc) is 3.00. The minimum atomic E-state index is -0.0476. The van der Waals surface area contributed by atoms with E-state index in [2.05, 4.69) is 54.3 Å². The topological polar surface area (TPSA) is 39.3 Å². The Morgan fingerprint density at radius 3 is 3.04 bits per heavy atom. The number of likely N-dealkylation sites (N-methyl/N-ethyl adjacent to an activating group) is 1. The van der Waals surface area contributed by atoms with Crippen LogP contribution in [-0.4, -0.2) is 53.9 Å². The third-order valence-electron chi connectivity index (χ3n) is 5.52. The van der Waals surface area contributed by atoms with Gasteiger partial charge in [0.2, 0.25) is 5.91 Å². The fourth-order valence-corrected chi connectivity index (χ4v) is 4.33. The molecule has 1 aromatic heterocycles. The highest BCUT2D eigenvalue weighted by Gasteiger charge is 2.36. The molecule has 2 aromatic rings. The van der Waals surface area contributed by atoms with Gasteiger partial charge in [-0.15, -0.1) is 0 Å². The molecular weight excluding hydrogens is 298 g/mol. The van der Waals surface area contributed by atoms with Crippen LogP contribution in [0.4, 0.5) is 0 Å². The Morgan fingerprint density at radius 1 is 1.42 bits per heavy atom. The number of H-pyrrole nitrogens is 1. The predicted octanol–water partition coefficient (Wildman–Crippen LogP) is 2.91. The van der Waals surface area contributed by atoms with Gasteiger partial charge in [-0.1, -0.05) is 25.1 Å². The smallest absolute Gasteiger partial charge is 0.230 e. The number of carbonyl (C=O) groups excluding carboxylic acids is 1. The van der Waals surface area contributed by atoms with Crippen LogP contribution in [0.5, 0.6) is 0 Å². The van der Waals surface area contributed by atoms with Crippen LogP contribution in [0.2, 0.25) is 0 Å². The van der Waals surface area contributed by atoms with Crippen molar-refractivity contribution < 1.29 is 4.79 Å². The fraction of sp³-hybridized carbons (Fsp3) is 0.450. The molecule has 2 aliphatic rings. The molecule has 1 aliphatic carbocycles. The van der Waals surface area contributed by atoms with Gasteiger partial charge in [0.15, 0.2) is 0 Å². The van der Waals surface area contributed by atoms with Crippen molar-refractivity contribution in [1.29, 1.82) is 0 Å². The molecule has 1 N–H and O–H groups in total. The minimum absolute atomic E-state index is 0.0476. The highest BCUT2D eigenvalue weighted by atomic mass is 16.2. The van der Waals surface area contributed by atoms with E-state index in [1.54, 1.807) is 0 Å². The van der Waals surface area contributed by atoms with Crippen molar-refractivity contribution in [2.75, 3.05) is 27.2 Å². The molecular formula is C20H25N3O. The SMILES string of the molecule is CCCN(C)C(=O)[C@H]1C=C2c3cccc4[nH]cc(c34)C[C@H]2N(C)C1. The third kappa shape index (κ3) is 2.28. The highest BCUT2D eigenvalue weighted by Crippen LogP contribution is 2.40. The van der Waals surface area contributed by atoms with Crippen LogP contribution in [0.25, 0.3) is 16.5 Å². The molecule has 126 valence electrons. The molecule has 2 heterocycles. The van der Waals surface area contributed by atoms with E-state index in [-0.39, 0.29) is 11.8 Å². The van der Waals surface area contributed by atoms with E-state index in [1.807, 2.05) is 11.9 Å². The van der Waals surface area contributed by atoms with Crippen molar-refractivity contribution in [3.05, 3.63) is 41.6 Å². The summed E-state index contributed by atoms with van der Waals surface area (Å²) in [6.07, 6.45) is 6.40. The van der Waals surface area contributed by atoms with Crippen LogP contribution in [0.15, 0.2) is 30.5 Å². The van der Waals surface area contributed by atoms with Gasteiger partial charge < -0.3 is 9.88 Å². The lowest BCUT2D eigenvalue weighted by molar-refractivity contribution is -0.133. The Balaban J connectivity index is 1.77. The third-order valence-corrected chi connectivity index (χ3v) is 5.52. The van der Waals surface area contributed by atoms with Crippen LogP contribution >= 0.6 is 0 Å². The van der Waals surface area contributed by atoms with Crippen LogP contribution < -0.4 is 0 Å². The van der Waals surface area contributed by atoms with Crippen molar-refractivity contribution in [1.82, 2.24) is 14.8 Å². The van der Waals surface area contributed by atoms with Gasteiger partial charge in [-0.3, -0.25) is 9.69 Å². The molecule has 1 aromatic carbocycles. The molecule has 4 nitrogen and oxygen atoms in total. The minimum Gasteiger partial charge on any atom is -0.361 e. The fourth-order valence-electron chi connectivity index (χ4n) is 4.33. The lowest BCUT2D eigenvalue weighted by atomic mass is 9.79. The number of rotatable bonds is 3. The Morgan fingerprint density at radius 2 is 2.25 bits per heavy atom. The second-order valence-corrected chi connectivity index (χ2v) is 7.19. The molecule has 4 rings (SSSR count). The van der Waals surface area contributed by atoms with E-state index in [9.17, 15) is 4.79 Å². The zero-order valence-electron chi connectivity index (χ0n) is 14.7. The van der Waals surface area contributed by atoms with Gasteiger partial charge in [0.1, 0.15) is 0 Å². The Labute approximate surface area is 143 Å². The van der Waals surface area contributed by atoms with Crippen LogP contribution in [0.1, 0.15) is 24.5 Å². The number of aromatic amines is 1. The molecule has 0 radical (unpaired) electrons. The number of benzene rings is 1. The number of amides is 1. The quantitative estimate of drug-likeness (QED) is 0.943. The Bertz CT molecular complexity index is 819. The van der Waals surface area contributed by atoms with Gasteiger partial charge in [-0.2, -0.15) is 0 Å². The molecule has 0 saturated carbocycles. The van der Waals surface area contributed by atoms with Gasteiger partial charge in [0.05, 0.1) is 5.92 Å². The Hall–Kier alpha value is -2.07. The summed E-state index contributed by atoms with van der Waals surface area (Å²) < 4.78 is 0. The normalized spacial score (nSPS) is 23.0. The predicted molar refractivity (Wildman–Crippen MR) is 97.8 cm³/mol. The van der Waals surface area contributed by atoms with Crippen molar-refractivity contribution >= 4 is 22.4 Å². The maximum absolute atomic E-state index is 12.8. The number of hydrogen-bond donors (Lipinski definition) is 1. The second kappa shape index (κ2) is 5.78. The van der Waals surface area contributed by atoms with E-state index in [4.69, 9.17) is 0 Å². The number of carbonyl (C=O) groups is 1. The molecule has 24 heavy (non-hydrogen) atoms. The van der Waals surface area contributed by atoms with Crippen molar-refractivity contribution in [2.24, 2.45) is 5.92 Å². The van der Waals surface area contributed by atoms with Crippen LogP contribution in [0, 0.1) is 5.92 Å². The standard InChI is InChI=1S/C20H25N3O/c1-4-8-22(2)20(24)14-9-16-15-6-5-7-17-19(15)13(11-21-17)10-18(16)23(3)12-14/h5-7,9,11,14,18,21H,4,8,10,12H2,1-3H3/t14-,18+/m0/s1. The number of nitrogens with one attached hydrogen (secondary N) is 1. The molecule has 1 amide bonds. The summed E-state index contributed by atoms with van der Waals surface area (Å²) >= 11 is 0. The largest absolute Gasteiger partial charge is 0.361 e. The second-order valence-electron chi connectivity index (χ2n) is 7.19. The maximum Gasteiger partial charge on any atom is 0.230 e. The van der Waals surface area contributed by atoms with E-state index in [0.29, 0.717) is 6.04 Å². The summed E-state index contributed by atoms with van der Waals surface area (Å²) in [4.78, 5) is 20.4. The lowest BCUT2D eigenvalue weighted by Crippen LogP contribution is -2.47. The van der Waals surface area contributed by atoms with Crippen molar-refractivity contribution in [3.8, 4) is 0 Å². The van der Waals surface area contributed by atoms with Crippen LogP contribution in [0.3, 0.4) is 0 Å². The molecule has 0 fully saturated rings. The zero-order chi connectivity index (χ0) is 16.8. The molecule has 2 atom stereocenters. The van der Waals surface area contributed by atoms with Gasteiger partial charge in [-0.25, -0.2) is 0 Å². The van der Waals surface area contributed by atoms with Gasteiger partial charge in [0.25, 0.3) is 0 Å². The van der Waals surface area contributed by atoms with Gasteiger partial charge in [0, 0.05) is 43.3 Å². The molecule has 0 bridgehead atoms. The van der Waals surface area contributed by atoms with E-state index < -0.39 is 0 Å². The molecule has 4 heteroatoms. The summed E-state index contributed by atoms with van der Waals surface area (Å²) in [5, 5.41) is 1.34. The zero-order valence-corrected chi connectivity index (χ0v) is 14.7. The van der Waals surface area contributed by atoms with E-state index in [1.165, 1.54) is 27.6 Å². The summed E-state index contributed by atoms with van der Waals surface area (Å²) in [7, 11) is 4.07. The summed E-state index contributed by atoms with van der Waals surface area (Å²) in [5.41, 5.74) is 5.20. The maximum atomic E-state index is 12.8. The molecule has 0 spiro atoms. The number of nitrogens with zero attached hydrogens (tertiary/aromatic N) is 2. The number of hydrogen-bond acceptors (Lipinski definition) is 2. The first kappa shape index (κ1) is 15.5. The molecule has 1 aliphatic heterocycles. The van der Waals surface area contributed by atoms with Crippen molar-refractivity contribution in [3.63, 3.8) is 0 Å². The summed E-state index contributed by atoms with van der Waals surface area (Å²) in [6, 6.07) is 6.82. The Kier molecular flexibility index (Phi) is 3.72. The van der Waals surface area contributed by atoms with E-state index in [0.717, 1.165) is 25.9 Å². The first-order chi connectivity index (χ1) is 11.6. The number of fused-ring (bicyclic) bond motifs is 2. The van der Waals surface area contributed by atoms with Gasteiger partial charge in [-0.05, 0) is 42.7 Å². The van der Waals surface area contributed by atoms with Gasteiger partial charge >= 0.3 is 0 Å². The molecule has 0 saturated heterocycles. The summed E-state index contributed by atoms with van der Waals surface area (Å²) in [5.74, 6) is 0.190.